The van der Waals surface area contributed by atoms with Gasteiger partial charge in [0.15, 0.2) is 6.57 Å². The maximum Gasteiger partial charge on any atom is 0.197 e. The molecule has 0 aliphatic rings. The summed E-state index contributed by atoms with van der Waals surface area (Å²) in [6.45, 7) is 1.14. The van der Waals surface area contributed by atoms with Crippen molar-refractivity contribution in [2.45, 2.75) is 17.8 Å². The number of H-pyrrole nitrogens is 1. The van der Waals surface area contributed by atoms with E-state index in [9.17, 15) is 4.21 Å². The molecule has 4 rings (SSSR count). The summed E-state index contributed by atoms with van der Waals surface area (Å²) in [7, 11) is -6.08. The second-order valence-corrected chi connectivity index (χ2v) is 5.97. The van der Waals surface area contributed by atoms with Crippen LogP contribution in [0.4, 0.5) is 0 Å². The Bertz CT molecular complexity index is 1750. The second kappa shape index (κ2) is 6.76. The molecular weight excluding hydrogens is 348 g/mol. The van der Waals surface area contributed by atoms with Crippen LogP contribution in [-0.2, 0) is 16.5 Å². The molecule has 3 aromatic heterocycles. The van der Waals surface area contributed by atoms with E-state index >= 15 is 0 Å². The number of pyridine rings is 1. The molecule has 0 spiro atoms. The molecule has 1 N–H and O–H groups in total. The molecule has 132 valence electrons. The largest absolute Gasteiger partial charge is 0.496 e. The quantitative estimate of drug-likeness (QED) is 0.575. The van der Waals surface area contributed by atoms with Gasteiger partial charge in [-0.2, -0.15) is 0 Å². The fourth-order valence-electron chi connectivity index (χ4n) is 2.02. The second-order valence-electron chi connectivity index (χ2n) is 4.86. The van der Waals surface area contributed by atoms with Crippen molar-refractivity contribution < 1.29 is 29.5 Å². The van der Waals surface area contributed by atoms with Crippen LogP contribution in [0.15, 0.2) is 59.9 Å². The van der Waals surface area contributed by atoms with Crippen molar-refractivity contribution in [2.24, 2.45) is 0 Å². The predicted molar refractivity (Wildman–Crippen MR) is 101 cm³/mol. The summed E-state index contributed by atoms with van der Waals surface area (Å²) in [5.41, 5.74) is -5.85. The van der Waals surface area contributed by atoms with E-state index in [0.29, 0.717) is 4.57 Å². The number of fused-ring (bicyclic) bond motifs is 1. The molecule has 0 saturated carbocycles. The Balaban J connectivity index is 1.95. The van der Waals surface area contributed by atoms with E-state index in [1.54, 1.807) is 0 Å². The average Bonchev–Trinajstić information content (AvgIpc) is 3.32. The summed E-state index contributed by atoms with van der Waals surface area (Å²) in [5.74, 6) is -0.697. The van der Waals surface area contributed by atoms with Gasteiger partial charge in [-0.05, 0) is 43.2 Å². The molecule has 1 atom stereocenters. The summed E-state index contributed by atoms with van der Waals surface area (Å²) in [6.07, 6.45) is -2.32. The van der Waals surface area contributed by atoms with E-state index in [4.69, 9.17) is 25.3 Å². The van der Waals surface area contributed by atoms with Crippen LogP contribution in [-0.4, -0.2) is 30.8 Å². The van der Waals surface area contributed by atoms with Gasteiger partial charge in [0.1, 0.15) is 5.75 Å². The molecule has 4 aromatic rings. The van der Waals surface area contributed by atoms with Gasteiger partial charge in [0.2, 0.25) is 0 Å². The third-order valence-electron chi connectivity index (χ3n) is 3.29. The highest BCUT2D eigenvalue weighted by atomic mass is 32.2. The first kappa shape index (κ1) is 6.66. The first-order valence-electron chi connectivity index (χ1n) is 14.4. The van der Waals surface area contributed by atoms with Gasteiger partial charge in [-0.25, -0.2) is 4.98 Å². The molecule has 0 saturated heterocycles. The lowest BCUT2D eigenvalue weighted by molar-refractivity contribution is 0.410. The van der Waals surface area contributed by atoms with E-state index in [1.807, 2.05) is 0 Å². The zero-order valence-electron chi connectivity index (χ0n) is 28.0. The number of hydrogen-bond donors (Lipinski definition) is 1. The molecule has 0 aliphatic heterocycles. The fraction of sp³-hybridized carbons (Fsp3) is 0.158. The lowest BCUT2D eigenvalue weighted by Crippen LogP contribution is -2.03. The van der Waals surface area contributed by atoms with Crippen LogP contribution in [0.5, 0.6) is 5.75 Å². The lowest BCUT2D eigenvalue weighted by Gasteiger charge is -2.08. The predicted octanol–water partition coefficient (Wildman–Crippen LogP) is 3.37. The van der Waals surface area contributed by atoms with Crippen molar-refractivity contribution in [3.05, 3.63) is 66.0 Å². The van der Waals surface area contributed by atoms with Crippen LogP contribution in [0.1, 0.15) is 30.4 Å². The molecule has 1 unspecified atom stereocenters. The van der Waals surface area contributed by atoms with Crippen molar-refractivity contribution in [1.29, 1.82) is 0 Å². The summed E-state index contributed by atoms with van der Waals surface area (Å²) < 4.78 is 139. The Morgan fingerprint density at radius 1 is 1.42 bits per heavy atom. The van der Waals surface area contributed by atoms with Crippen molar-refractivity contribution in [2.75, 3.05) is 7.04 Å². The van der Waals surface area contributed by atoms with Crippen LogP contribution in [0.25, 0.3) is 16.7 Å². The third kappa shape index (κ3) is 3.01. The first-order valence-corrected chi connectivity index (χ1v) is 8.15. The van der Waals surface area contributed by atoms with E-state index in [2.05, 4.69) is 9.97 Å². The van der Waals surface area contributed by atoms with Gasteiger partial charge >= 0.3 is 0 Å². The molecule has 3 heterocycles. The van der Waals surface area contributed by atoms with Crippen LogP contribution < -0.4 is 4.74 Å². The van der Waals surface area contributed by atoms with Crippen LogP contribution in [0, 0.1) is 6.92 Å². The zero-order valence-corrected chi connectivity index (χ0v) is 13.8. The van der Waals surface area contributed by atoms with Crippen molar-refractivity contribution in [1.82, 2.24) is 19.5 Å². The third-order valence-corrected chi connectivity index (χ3v) is 4.18. The molecule has 0 bridgehead atoms. The lowest BCUT2D eigenvalue weighted by atomic mass is 10.2. The minimum absolute atomic E-state index is 0.270. The first-order chi connectivity index (χ1) is 18.7. The van der Waals surface area contributed by atoms with E-state index in [-0.39, 0.29) is 10.5 Å². The van der Waals surface area contributed by atoms with Gasteiger partial charge in [-0.15, -0.1) is 0 Å². The number of nitrogens with zero attached hydrogens (tertiary/aromatic N) is 3. The Hall–Kier alpha value is -2.93. The average molecular weight is 382 g/mol. The number of nitrogens with one attached hydrogen (secondary N) is 1. The number of methoxy groups -OCH3 is 1. The minimum Gasteiger partial charge on any atom is -0.496 e. The SMILES string of the molecule is [2H]c1nc(C([2H])([2H])S(=O)c2nc3c([2H])c(-n4c([2H])c([2H])c([2H])c4[2H])c([2H])c([2H])c3n2[2H])c(C)c(OC([2H])([2H])[2H])c1[2H]. The van der Waals surface area contributed by atoms with Crippen molar-refractivity contribution >= 4 is 21.8 Å². The fourth-order valence-corrected chi connectivity index (χ4v) is 2.83. The molecule has 0 fully saturated rings. The number of aromatic amines is 1. The molecule has 26 heavy (non-hydrogen) atoms. The molecule has 1 aromatic carbocycles. The Kier molecular flexibility index (Phi) is 1.73. The van der Waals surface area contributed by atoms with Gasteiger partial charge < -0.3 is 14.3 Å². The Labute approximate surface area is 174 Å². The standard InChI is InChI=1S/C19H18N4O2S/c1-13-17(20-8-7-18(13)25-2)12-26(24)19-21-15-6-5-14(11-16(15)22-19)23-9-3-4-10-23/h3-11H,12H2,1-2H3,(H,21,22)/i2D3,3D,4D,5D,6D,7D,8D,9D,10D,11D,12D2/hD. The maximum atomic E-state index is 13.6. The zero-order chi connectivity index (χ0) is 31.1. The van der Waals surface area contributed by atoms with Crippen LogP contribution >= 0.6 is 0 Å². The number of hydrogen-bond acceptors (Lipinski definition) is 4. The highest BCUT2D eigenvalue weighted by Gasteiger charge is 2.15. The van der Waals surface area contributed by atoms with Crippen LogP contribution in [0.2, 0.25) is 1.41 Å². The molecule has 0 amide bonds. The maximum absolute atomic E-state index is 13.6. The van der Waals surface area contributed by atoms with Crippen molar-refractivity contribution in [3.63, 3.8) is 0 Å². The molecular formula is C19H18N4O2S. The van der Waals surface area contributed by atoms with E-state index < -0.39 is 112 Å². The van der Waals surface area contributed by atoms with Crippen molar-refractivity contribution in [3.8, 4) is 11.4 Å². The van der Waals surface area contributed by atoms with E-state index in [0.717, 1.165) is 6.92 Å². The summed E-state index contributed by atoms with van der Waals surface area (Å²) in [6, 6.07) is -4.36. The highest BCUT2D eigenvalue weighted by molar-refractivity contribution is 7.84. The van der Waals surface area contributed by atoms with Gasteiger partial charge in [-0.1, -0.05) is 0 Å². The number of aromatic nitrogens is 4. The normalized spacial score (nSPS) is 21.7. The topological polar surface area (TPSA) is 72.8 Å². The summed E-state index contributed by atoms with van der Waals surface area (Å²) >= 11 is 0. The summed E-state index contributed by atoms with van der Waals surface area (Å²) in [4.78, 5) is 7.85. The van der Waals surface area contributed by atoms with Gasteiger partial charge in [0.25, 0.3) is 0 Å². The monoisotopic (exact) mass is 381 g/mol. The van der Waals surface area contributed by atoms with Crippen LogP contribution in [0.3, 0.4) is 0 Å². The smallest absolute Gasteiger partial charge is 0.197 e. The summed E-state index contributed by atoms with van der Waals surface area (Å²) in [5, 5.41) is -0.864. The number of benzene rings is 1. The molecule has 0 radical (unpaired) electrons. The van der Waals surface area contributed by atoms with Gasteiger partial charge in [0.05, 0.1) is 56.7 Å². The van der Waals surface area contributed by atoms with E-state index in [1.165, 1.54) is 0 Å². The van der Waals surface area contributed by atoms with Gasteiger partial charge in [0, 0.05) is 32.5 Å². The minimum atomic E-state index is -3.10. The molecule has 0 aliphatic carbocycles. The Morgan fingerprint density at radius 3 is 3.08 bits per heavy atom. The number of rotatable bonds is 5. The van der Waals surface area contributed by atoms with Gasteiger partial charge in [-0.3, -0.25) is 9.19 Å². The molecule has 7 heteroatoms. The highest BCUT2D eigenvalue weighted by Crippen LogP contribution is 2.22. The molecule has 6 nitrogen and oxygen atoms in total. The number of imidazole rings is 1. The number of ether oxygens (including phenoxy) is 1. The Morgan fingerprint density at radius 2 is 2.27 bits per heavy atom.